The smallest absolute Gasteiger partial charge is 0.475 e. The first-order valence-corrected chi connectivity index (χ1v) is 8.45. The van der Waals surface area contributed by atoms with Crippen LogP contribution in [-0.2, 0) is 9.59 Å². The maximum absolute atomic E-state index is 12.1. The monoisotopic (exact) mass is 422 g/mol. The molecule has 0 aliphatic rings. The summed E-state index contributed by atoms with van der Waals surface area (Å²) >= 11 is 0. The number of carboxylic acid groups (broad SMARTS) is 1. The predicted octanol–water partition coefficient (Wildman–Crippen LogP) is 2.64. The molecule has 0 spiro atoms. The number of halogens is 3. The maximum Gasteiger partial charge on any atom is 0.490 e. The van der Waals surface area contributed by atoms with E-state index < -0.39 is 12.1 Å². The third-order valence-corrected chi connectivity index (χ3v) is 3.67. The van der Waals surface area contributed by atoms with Crippen LogP contribution in [0, 0.1) is 6.92 Å². The van der Waals surface area contributed by atoms with E-state index in [1.165, 1.54) is 0 Å². The van der Waals surface area contributed by atoms with Gasteiger partial charge in [-0.1, -0.05) is 24.3 Å². The molecule has 2 heterocycles. The number of nitrogens with one attached hydrogen (secondary N) is 2. The van der Waals surface area contributed by atoms with E-state index in [1.54, 1.807) is 10.6 Å². The van der Waals surface area contributed by atoms with Gasteiger partial charge < -0.3 is 20.1 Å². The van der Waals surface area contributed by atoms with Gasteiger partial charge in [0.2, 0.25) is 5.91 Å². The number of imidazole rings is 1. The van der Waals surface area contributed by atoms with Crippen molar-refractivity contribution in [2.24, 2.45) is 0 Å². The summed E-state index contributed by atoms with van der Waals surface area (Å²) in [6.07, 6.45) is -1.64. The lowest BCUT2D eigenvalue weighted by Gasteiger charge is -2.08. The Hall–Kier alpha value is -3.89. The number of alkyl halides is 3. The highest BCUT2D eigenvalue weighted by Gasteiger charge is 2.38. The SMILES string of the molecule is Cc1ccccc1NC(=O)CNC(=O)c1cn2ccccc2n1.O=C(O)C(F)(F)F. The lowest BCUT2D eigenvalue weighted by atomic mass is 10.2. The lowest BCUT2D eigenvalue weighted by molar-refractivity contribution is -0.192. The highest BCUT2D eigenvalue weighted by atomic mass is 19.4. The summed E-state index contributed by atoms with van der Waals surface area (Å²) in [7, 11) is 0. The molecule has 0 unspecified atom stereocenters. The molecule has 0 atom stereocenters. The molecule has 0 aliphatic carbocycles. The third kappa shape index (κ3) is 6.33. The Bertz CT molecular complexity index is 1030. The number of aryl methyl sites for hydroxylation is 1. The Morgan fingerprint density at radius 2 is 1.73 bits per heavy atom. The molecule has 0 bridgehead atoms. The Morgan fingerprint density at radius 3 is 2.33 bits per heavy atom. The average molecular weight is 422 g/mol. The van der Waals surface area contributed by atoms with Crippen molar-refractivity contribution < 1.29 is 32.7 Å². The summed E-state index contributed by atoms with van der Waals surface area (Å²) in [5.41, 5.74) is 2.66. The molecular formula is C19H17F3N4O4. The van der Waals surface area contributed by atoms with E-state index in [9.17, 15) is 22.8 Å². The Morgan fingerprint density at radius 1 is 1.10 bits per heavy atom. The van der Waals surface area contributed by atoms with Gasteiger partial charge in [0.15, 0.2) is 0 Å². The molecule has 8 nitrogen and oxygen atoms in total. The van der Waals surface area contributed by atoms with Crippen molar-refractivity contribution in [2.75, 3.05) is 11.9 Å². The van der Waals surface area contributed by atoms with Crippen molar-refractivity contribution in [3.8, 4) is 0 Å². The number of aromatic nitrogens is 2. The normalized spacial score (nSPS) is 10.7. The molecule has 158 valence electrons. The molecular weight excluding hydrogens is 405 g/mol. The van der Waals surface area contributed by atoms with Crippen molar-refractivity contribution in [3.05, 3.63) is 66.1 Å². The van der Waals surface area contributed by atoms with Crippen molar-refractivity contribution in [2.45, 2.75) is 13.1 Å². The lowest BCUT2D eigenvalue weighted by Crippen LogP contribution is -2.33. The first-order valence-electron chi connectivity index (χ1n) is 8.45. The van der Waals surface area contributed by atoms with Gasteiger partial charge in [0.05, 0.1) is 6.54 Å². The quantitative estimate of drug-likeness (QED) is 0.598. The molecule has 0 saturated carbocycles. The van der Waals surface area contributed by atoms with Crippen molar-refractivity contribution in [1.82, 2.24) is 14.7 Å². The van der Waals surface area contributed by atoms with E-state index in [-0.39, 0.29) is 24.1 Å². The largest absolute Gasteiger partial charge is 0.490 e. The number of carbonyl (C=O) groups excluding carboxylic acids is 2. The van der Waals surface area contributed by atoms with E-state index in [0.29, 0.717) is 5.65 Å². The van der Waals surface area contributed by atoms with Crippen LogP contribution in [0.4, 0.5) is 18.9 Å². The van der Waals surface area contributed by atoms with E-state index in [2.05, 4.69) is 15.6 Å². The molecule has 1 aromatic carbocycles. The number of fused-ring (bicyclic) bond motifs is 1. The molecule has 3 N–H and O–H groups in total. The van der Waals surface area contributed by atoms with Gasteiger partial charge in [0.1, 0.15) is 11.3 Å². The first-order chi connectivity index (χ1) is 14.1. The fourth-order valence-electron chi connectivity index (χ4n) is 2.20. The van der Waals surface area contributed by atoms with Crippen LogP contribution in [0.1, 0.15) is 16.1 Å². The number of carboxylic acids is 1. The summed E-state index contributed by atoms with van der Waals surface area (Å²) in [5, 5.41) is 12.5. The average Bonchev–Trinajstić information content (AvgIpc) is 3.12. The summed E-state index contributed by atoms with van der Waals surface area (Å²) in [6, 6.07) is 13.0. The van der Waals surface area contributed by atoms with Crippen LogP contribution in [0.3, 0.4) is 0 Å². The van der Waals surface area contributed by atoms with Crippen LogP contribution in [0.15, 0.2) is 54.9 Å². The van der Waals surface area contributed by atoms with Crippen LogP contribution in [-0.4, -0.2) is 45.0 Å². The van der Waals surface area contributed by atoms with Crippen LogP contribution in [0.2, 0.25) is 0 Å². The summed E-state index contributed by atoms with van der Waals surface area (Å²) < 4.78 is 33.5. The molecule has 0 saturated heterocycles. The summed E-state index contributed by atoms with van der Waals surface area (Å²) in [5.74, 6) is -3.42. The zero-order valence-electron chi connectivity index (χ0n) is 15.6. The molecule has 0 fully saturated rings. The van der Waals surface area contributed by atoms with Crippen molar-refractivity contribution >= 4 is 29.1 Å². The highest BCUT2D eigenvalue weighted by molar-refractivity contribution is 5.98. The van der Waals surface area contributed by atoms with E-state index in [1.807, 2.05) is 55.6 Å². The molecule has 2 amide bonds. The second kappa shape index (κ2) is 9.54. The molecule has 30 heavy (non-hydrogen) atoms. The number of carbonyl (C=O) groups is 3. The van der Waals surface area contributed by atoms with E-state index >= 15 is 0 Å². The zero-order chi connectivity index (χ0) is 22.3. The second-order valence-corrected chi connectivity index (χ2v) is 5.94. The topological polar surface area (TPSA) is 113 Å². The molecule has 2 aromatic heterocycles. The van der Waals surface area contributed by atoms with Gasteiger partial charge in [-0.3, -0.25) is 9.59 Å². The molecule has 3 aromatic rings. The fourth-order valence-corrected chi connectivity index (χ4v) is 2.20. The number of hydrogen-bond acceptors (Lipinski definition) is 4. The van der Waals surface area contributed by atoms with Crippen molar-refractivity contribution in [3.63, 3.8) is 0 Å². The van der Waals surface area contributed by atoms with E-state index in [0.717, 1.165) is 11.3 Å². The number of aliphatic carboxylic acids is 1. The Labute approximate surface area is 168 Å². The van der Waals surface area contributed by atoms with Gasteiger partial charge in [-0.05, 0) is 30.7 Å². The highest BCUT2D eigenvalue weighted by Crippen LogP contribution is 2.13. The van der Waals surface area contributed by atoms with Crippen LogP contribution >= 0.6 is 0 Å². The minimum atomic E-state index is -5.08. The number of amides is 2. The number of benzene rings is 1. The minimum Gasteiger partial charge on any atom is -0.475 e. The predicted molar refractivity (Wildman–Crippen MR) is 101 cm³/mol. The second-order valence-electron chi connectivity index (χ2n) is 5.94. The zero-order valence-corrected chi connectivity index (χ0v) is 15.6. The third-order valence-electron chi connectivity index (χ3n) is 3.67. The van der Waals surface area contributed by atoms with Crippen LogP contribution in [0.25, 0.3) is 5.65 Å². The minimum absolute atomic E-state index is 0.110. The number of para-hydroxylation sites is 1. The summed E-state index contributed by atoms with van der Waals surface area (Å²) in [6.45, 7) is 1.80. The summed E-state index contributed by atoms with van der Waals surface area (Å²) in [4.78, 5) is 37.1. The first kappa shape index (κ1) is 22.4. The van der Waals surface area contributed by atoms with Crippen LogP contribution < -0.4 is 10.6 Å². The van der Waals surface area contributed by atoms with Gasteiger partial charge in [-0.2, -0.15) is 13.2 Å². The van der Waals surface area contributed by atoms with Crippen molar-refractivity contribution in [1.29, 1.82) is 0 Å². The van der Waals surface area contributed by atoms with Gasteiger partial charge >= 0.3 is 12.1 Å². The fraction of sp³-hybridized carbons (Fsp3) is 0.158. The number of anilines is 1. The van der Waals surface area contributed by atoms with Crippen LogP contribution in [0.5, 0.6) is 0 Å². The van der Waals surface area contributed by atoms with Gasteiger partial charge in [0.25, 0.3) is 5.91 Å². The number of nitrogens with zero attached hydrogens (tertiary/aromatic N) is 2. The number of pyridine rings is 1. The van der Waals surface area contributed by atoms with Gasteiger partial charge in [0, 0.05) is 18.1 Å². The van der Waals surface area contributed by atoms with E-state index in [4.69, 9.17) is 9.90 Å². The Balaban J connectivity index is 0.000000396. The standard InChI is InChI=1S/C17H16N4O2.C2HF3O2/c1-12-6-2-3-7-13(12)20-16(22)10-18-17(23)14-11-21-9-5-4-8-15(21)19-14;3-2(4,5)1(6)7/h2-9,11H,10H2,1H3,(H,18,23)(H,20,22);(H,6,7). The molecule has 0 aliphatic heterocycles. The van der Waals surface area contributed by atoms with Gasteiger partial charge in [-0.25, -0.2) is 9.78 Å². The number of rotatable bonds is 4. The van der Waals surface area contributed by atoms with Gasteiger partial charge in [-0.15, -0.1) is 0 Å². The molecule has 3 rings (SSSR count). The number of hydrogen-bond donors (Lipinski definition) is 3. The molecule has 11 heteroatoms. The Kier molecular flexibility index (Phi) is 7.13. The maximum atomic E-state index is 12.1. The molecule has 0 radical (unpaired) electrons.